The van der Waals surface area contributed by atoms with E-state index in [1.165, 1.54) is 23.1 Å². The first-order chi connectivity index (χ1) is 8.11. The van der Waals surface area contributed by atoms with E-state index in [1.807, 2.05) is 0 Å². The van der Waals surface area contributed by atoms with E-state index < -0.39 is 4.92 Å². The van der Waals surface area contributed by atoms with Gasteiger partial charge in [0, 0.05) is 18.1 Å². The van der Waals surface area contributed by atoms with Gasteiger partial charge in [0.2, 0.25) is 0 Å². The molecule has 0 atom stereocenters. The number of hydrogen-bond acceptors (Lipinski definition) is 3. The maximum Gasteiger partial charge on any atom is 0.295 e. The van der Waals surface area contributed by atoms with Gasteiger partial charge in [0.1, 0.15) is 5.69 Å². The lowest BCUT2D eigenvalue weighted by Crippen LogP contribution is -2.01. The van der Waals surface area contributed by atoms with Gasteiger partial charge in [0.15, 0.2) is 0 Å². The summed E-state index contributed by atoms with van der Waals surface area (Å²) < 4.78 is 1.36. The van der Waals surface area contributed by atoms with Crippen molar-refractivity contribution in [2.45, 2.75) is 5.88 Å². The fourth-order valence-electron chi connectivity index (χ4n) is 1.42. The van der Waals surface area contributed by atoms with Crippen LogP contribution >= 0.6 is 23.2 Å². The summed E-state index contributed by atoms with van der Waals surface area (Å²) in [7, 11) is 0. The Labute approximate surface area is 107 Å². The molecule has 0 aliphatic rings. The Kier molecular flexibility index (Phi) is 3.31. The van der Waals surface area contributed by atoms with Gasteiger partial charge in [-0.2, -0.15) is 5.10 Å². The molecule has 17 heavy (non-hydrogen) atoms. The van der Waals surface area contributed by atoms with E-state index >= 15 is 0 Å². The van der Waals surface area contributed by atoms with E-state index in [2.05, 4.69) is 5.10 Å². The van der Waals surface area contributed by atoms with Crippen molar-refractivity contribution < 1.29 is 4.92 Å². The highest BCUT2D eigenvalue weighted by Gasteiger charge is 2.16. The first kappa shape index (κ1) is 11.9. The lowest BCUT2D eigenvalue weighted by atomic mass is 10.2. The molecular formula is C10H7Cl2N3O2. The fourth-order valence-corrected chi connectivity index (χ4v) is 1.73. The van der Waals surface area contributed by atoms with Crippen molar-refractivity contribution in [3.8, 4) is 5.69 Å². The summed E-state index contributed by atoms with van der Waals surface area (Å²) in [5.74, 6) is 0.223. The third-order valence-corrected chi connectivity index (χ3v) is 2.69. The van der Waals surface area contributed by atoms with Crippen LogP contribution in [0.25, 0.3) is 5.69 Å². The van der Waals surface area contributed by atoms with E-state index in [-0.39, 0.29) is 11.6 Å². The molecule has 0 N–H and O–H groups in total. The van der Waals surface area contributed by atoms with E-state index in [1.54, 1.807) is 12.1 Å². The molecule has 0 saturated carbocycles. The molecular weight excluding hydrogens is 265 g/mol. The minimum Gasteiger partial charge on any atom is -0.258 e. The molecule has 2 rings (SSSR count). The average molecular weight is 272 g/mol. The number of rotatable bonds is 3. The summed E-state index contributed by atoms with van der Waals surface area (Å²) in [4.78, 5) is 10.5. The van der Waals surface area contributed by atoms with Gasteiger partial charge in [-0.3, -0.25) is 10.1 Å². The normalized spacial score (nSPS) is 10.5. The van der Waals surface area contributed by atoms with E-state index in [9.17, 15) is 10.1 Å². The number of halogens is 2. The Bertz CT molecular complexity index is 568. The second kappa shape index (κ2) is 4.73. The summed E-state index contributed by atoms with van der Waals surface area (Å²) >= 11 is 11.4. The standard InChI is InChI=1S/C10H7Cl2N3O2/c11-4-7-1-2-9(10(3-7)15(16)17)14-6-8(12)5-13-14/h1-3,5-6H,4H2. The van der Waals surface area contributed by atoms with Gasteiger partial charge in [0.05, 0.1) is 16.1 Å². The Morgan fingerprint density at radius 2 is 2.24 bits per heavy atom. The quantitative estimate of drug-likeness (QED) is 0.489. The average Bonchev–Trinajstić information content (AvgIpc) is 2.75. The number of nitro groups is 1. The van der Waals surface area contributed by atoms with Crippen molar-refractivity contribution >= 4 is 28.9 Å². The molecule has 0 bridgehead atoms. The number of aromatic nitrogens is 2. The highest BCUT2D eigenvalue weighted by Crippen LogP contribution is 2.25. The van der Waals surface area contributed by atoms with Crippen molar-refractivity contribution in [2.24, 2.45) is 0 Å². The largest absolute Gasteiger partial charge is 0.295 e. The predicted octanol–water partition coefficient (Wildman–Crippen LogP) is 3.17. The van der Waals surface area contributed by atoms with Gasteiger partial charge < -0.3 is 0 Å². The Morgan fingerprint density at radius 3 is 2.76 bits per heavy atom. The van der Waals surface area contributed by atoms with Crippen molar-refractivity contribution in [1.82, 2.24) is 9.78 Å². The summed E-state index contributed by atoms with van der Waals surface area (Å²) in [5, 5.41) is 15.3. The van der Waals surface area contributed by atoms with Crippen LogP contribution in [0.5, 0.6) is 0 Å². The molecule has 7 heteroatoms. The lowest BCUT2D eigenvalue weighted by Gasteiger charge is -2.04. The van der Waals surface area contributed by atoms with Crippen LogP contribution in [0.1, 0.15) is 5.56 Å². The van der Waals surface area contributed by atoms with Crippen LogP contribution in [0.2, 0.25) is 5.02 Å². The number of alkyl halides is 1. The van der Waals surface area contributed by atoms with E-state index in [0.717, 1.165) is 0 Å². The maximum atomic E-state index is 11.0. The van der Waals surface area contributed by atoms with Gasteiger partial charge in [-0.1, -0.05) is 17.7 Å². The summed E-state index contributed by atoms with van der Waals surface area (Å²) in [6.07, 6.45) is 2.92. The summed E-state index contributed by atoms with van der Waals surface area (Å²) in [5.41, 5.74) is 0.985. The zero-order chi connectivity index (χ0) is 12.4. The Morgan fingerprint density at radius 1 is 1.47 bits per heavy atom. The monoisotopic (exact) mass is 271 g/mol. The molecule has 0 fully saturated rings. The zero-order valence-electron chi connectivity index (χ0n) is 8.51. The topological polar surface area (TPSA) is 61.0 Å². The molecule has 0 amide bonds. The Hall–Kier alpha value is -1.59. The van der Waals surface area contributed by atoms with Gasteiger partial charge in [-0.15, -0.1) is 11.6 Å². The molecule has 5 nitrogen and oxygen atoms in total. The minimum absolute atomic E-state index is 0.0529. The van der Waals surface area contributed by atoms with Crippen LogP contribution in [-0.4, -0.2) is 14.7 Å². The number of benzene rings is 1. The third-order valence-electron chi connectivity index (χ3n) is 2.19. The number of nitro benzene ring substituents is 1. The van der Waals surface area contributed by atoms with Crippen LogP contribution in [0, 0.1) is 10.1 Å². The highest BCUT2D eigenvalue weighted by molar-refractivity contribution is 6.30. The molecule has 0 aliphatic carbocycles. The third kappa shape index (κ3) is 2.40. The second-order valence-corrected chi connectivity index (χ2v) is 4.02. The molecule has 0 unspecified atom stereocenters. The molecule has 0 spiro atoms. The van der Waals surface area contributed by atoms with Crippen molar-refractivity contribution in [3.63, 3.8) is 0 Å². The number of hydrogen-bond donors (Lipinski definition) is 0. The molecule has 88 valence electrons. The van der Waals surface area contributed by atoms with Gasteiger partial charge in [-0.25, -0.2) is 4.68 Å². The molecule has 1 aromatic carbocycles. The molecule has 0 aliphatic heterocycles. The molecule has 0 radical (unpaired) electrons. The minimum atomic E-state index is -0.471. The number of nitrogens with zero attached hydrogens (tertiary/aromatic N) is 3. The zero-order valence-corrected chi connectivity index (χ0v) is 10.0. The van der Waals surface area contributed by atoms with E-state index in [0.29, 0.717) is 16.3 Å². The first-order valence-corrected chi connectivity index (χ1v) is 5.57. The SMILES string of the molecule is O=[N+]([O-])c1cc(CCl)ccc1-n1cc(Cl)cn1. The van der Waals surface area contributed by atoms with Crippen LogP contribution in [0.3, 0.4) is 0 Å². The van der Waals surface area contributed by atoms with Crippen molar-refractivity contribution in [1.29, 1.82) is 0 Å². The summed E-state index contributed by atoms with van der Waals surface area (Å²) in [6, 6.07) is 4.74. The fraction of sp³-hybridized carbons (Fsp3) is 0.100. The summed E-state index contributed by atoms with van der Waals surface area (Å²) in [6.45, 7) is 0. The van der Waals surface area contributed by atoms with Crippen LogP contribution in [-0.2, 0) is 5.88 Å². The van der Waals surface area contributed by atoms with Crippen LogP contribution in [0.15, 0.2) is 30.6 Å². The van der Waals surface area contributed by atoms with Gasteiger partial charge >= 0.3 is 0 Å². The van der Waals surface area contributed by atoms with Crippen LogP contribution in [0.4, 0.5) is 5.69 Å². The molecule has 2 aromatic rings. The smallest absolute Gasteiger partial charge is 0.258 e. The second-order valence-electron chi connectivity index (χ2n) is 3.32. The highest BCUT2D eigenvalue weighted by atomic mass is 35.5. The van der Waals surface area contributed by atoms with Crippen molar-refractivity contribution in [3.05, 3.63) is 51.3 Å². The Balaban J connectivity index is 2.57. The predicted molar refractivity (Wildman–Crippen MR) is 64.8 cm³/mol. The molecule has 1 heterocycles. The van der Waals surface area contributed by atoms with Crippen LogP contribution < -0.4 is 0 Å². The van der Waals surface area contributed by atoms with Crippen molar-refractivity contribution in [2.75, 3.05) is 0 Å². The lowest BCUT2D eigenvalue weighted by molar-refractivity contribution is -0.384. The molecule has 1 aromatic heterocycles. The van der Waals surface area contributed by atoms with Gasteiger partial charge in [-0.05, 0) is 11.6 Å². The molecule has 0 saturated heterocycles. The van der Waals surface area contributed by atoms with Gasteiger partial charge in [0.25, 0.3) is 5.69 Å². The first-order valence-electron chi connectivity index (χ1n) is 4.65. The van der Waals surface area contributed by atoms with E-state index in [4.69, 9.17) is 23.2 Å². The maximum absolute atomic E-state index is 11.0.